The van der Waals surface area contributed by atoms with E-state index in [0.29, 0.717) is 23.0 Å². The van der Waals surface area contributed by atoms with E-state index in [-0.39, 0.29) is 5.75 Å². The molecule has 0 saturated carbocycles. The Morgan fingerprint density at radius 3 is 1.96 bits per heavy atom. The normalized spacial score (nSPS) is 10.5. The van der Waals surface area contributed by atoms with Crippen molar-refractivity contribution in [2.45, 2.75) is 0 Å². The van der Waals surface area contributed by atoms with Crippen molar-refractivity contribution >= 4 is 10.8 Å². The molecule has 0 spiro atoms. The Kier molecular flexibility index (Phi) is 4.33. The minimum atomic E-state index is -0.0500. The van der Waals surface area contributed by atoms with Crippen LogP contribution in [0, 0.1) is 0 Å². The van der Waals surface area contributed by atoms with Crippen LogP contribution in [0.25, 0.3) is 10.8 Å². The molecule has 0 aliphatic rings. The third kappa shape index (κ3) is 2.88. The smallest absolute Gasteiger partial charge is 0.202 e. The number of methoxy groups -OCH3 is 3. The standard InChI is InChI=1S/C19H18O5/c1-21-13-4-6-14(7-5-13)24-19-16-9-8-15(22-2)10-12(16)11-17(23-3)18(19)20/h4-11,20H,1-3H3. The largest absolute Gasteiger partial charge is 0.502 e. The maximum absolute atomic E-state index is 10.5. The molecule has 0 amide bonds. The van der Waals surface area contributed by atoms with Gasteiger partial charge < -0.3 is 24.1 Å². The highest BCUT2D eigenvalue weighted by atomic mass is 16.5. The van der Waals surface area contributed by atoms with Crippen LogP contribution >= 0.6 is 0 Å². The zero-order chi connectivity index (χ0) is 17.1. The van der Waals surface area contributed by atoms with Gasteiger partial charge in [-0.15, -0.1) is 0 Å². The van der Waals surface area contributed by atoms with Crippen molar-refractivity contribution in [3.63, 3.8) is 0 Å². The molecule has 0 aromatic heterocycles. The second kappa shape index (κ2) is 6.58. The van der Waals surface area contributed by atoms with E-state index in [4.69, 9.17) is 18.9 Å². The van der Waals surface area contributed by atoms with Crippen molar-refractivity contribution in [2.24, 2.45) is 0 Å². The number of phenolic OH excluding ortho intramolecular Hbond substituents is 1. The van der Waals surface area contributed by atoms with E-state index in [1.807, 2.05) is 18.2 Å². The number of hydrogen-bond acceptors (Lipinski definition) is 5. The summed E-state index contributed by atoms with van der Waals surface area (Å²) in [7, 11) is 4.70. The molecule has 0 aliphatic heterocycles. The molecule has 124 valence electrons. The monoisotopic (exact) mass is 326 g/mol. The molecule has 5 heteroatoms. The average Bonchev–Trinajstić information content (AvgIpc) is 2.63. The van der Waals surface area contributed by atoms with Gasteiger partial charge in [0.05, 0.1) is 21.3 Å². The third-order valence-electron chi connectivity index (χ3n) is 3.74. The van der Waals surface area contributed by atoms with Crippen LogP contribution in [0.15, 0.2) is 48.5 Å². The van der Waals surface area contributed by atoms with Gasteiger partial charge in [-0.05, 0) is 53.9 Å². The molecule has 0 bridgehead atoms. The van der Waals surface area contributed by atoms with Crippen molar-refractivity contribution < 1.29 is 24.1 Å². The van der Waals surface area contributed by atoms with Crippen LogP contribution in [-0.4, -0.2) is 26.4 Å². The zero-order valence-corrected chi connectivity index (χ0v) is 13.7. The van der Waals surface area contributed by atoms with Crippen LogP contribution in [0.2, 0.25) is 0 Å². The summed E-state index contributed by atoms with van der Waals surface area (Å²) in [6, 6.07) is 14.4. The maximum atomic E-state index is 10.5. The number of phenols is 1. The highest BCUT2D eigenvalue weighted by Crippen LogP contribution is 2.45. The molecule has 5 nitrogen and oxygen atoms in total. The van der Waals surface area contributed by atoms with Crippen molar-refractivity contribution in [3.05, 3.63) is 48.5 Å². The van der Waals surface area contributed by atoms with E-state index in [0.717, 1.165) is 16.5 Å². The van der Waals surface area contributed by atoms with Gasteiger partial charge in [0.2, 0.25) is 5.75 Å². The molecule has 0 radical (unpaired) electrons. The molecule has 0 unspecified atom stereocenters. The van der Waals surface area contributed by atoms with E-state index >= 15 is 0 Å². The topological polar surface area (TPSA) is 57.2 Å². The Morgan fingerprint density at radius 2 is 1.33 bits per heavy atom. The number of benzene rings is 3. The predicted octanol–water partition coefficient (Wildman–Crippen LogP) is 4.36. The van der Waals surface area contributed by atoms with Gasteiger partial charge in [0.25, 0.3) is 0 Å². The fourth-order valence-electron chi connectivity index (χ4n) is 2.46. The predicted molar refractivity (Wildman–Crippen MR) is 91.8 cm³/mol. The highest BCUT2D eigenvalue weighted by Gasteiger charge is 2.16. The lowest BCUT2D eigenvalue weighted by molar-refractivity contribution is 0.356. The summed E-state index contributed by atoms with van der Waals surface area (Å²) in [4.78, 5) is 0. The van der Waals surface area contributed by atoms with E-state index in [2.05, 4.69) is 0 Å². The summed E-state index contributed by atoms with van der Waals surface area (Å²) in [5, 5.41) is 12.1. The summed E-state index contributed by atoms with van der Waals surface area (Å²) < 4.78 is 21.6. The summed E-state index contributed by atoms with van der Waals surface area (Å²) >= 11 is 0. The van der Waals surface area contributed by atoms with Crippen LogP contribution < -0.4 is 18.9 Å². The lowest BCUT2D eigenvalue weighted by atomic mass is 10.1. The van der Waals surface area contributed by atoms with E-state index in [9.17, 15) is 5.11 Å². The molecule has 3 aromatic rings. The second-order valence-electron chi connectivity index (χ2n) is 5.12. The highest BCUT2D eigenvalue weighted by molar-refractivity contribution is 5.94. The summed E-state index contributed by atoms with van der Waals surface area (Å²) in [5.74, 6) is 2.64. The fraction of sp³-hybridized carbons (Fsp3) is 0.158. The van der Waals surface area contributed by atoms with Crippen molar-refractivity contribution in [3.8, 4) is 34.5 Å². The van der Waals surface area contributed by atoms with Gasteiger partial charge in [0.15, 0.2) is 11.5 Å². The zero-order valence-electron chi connectivity index (χ0n) is 13.7. The fourth-order valence-corrected chi connectivity index (χ4v) is 2.46. The van der Waals surface area contributed by atoms with Crippen molar-refractivity contribution in [1.29, 1.82) is 0 Å². The van der Waals surface area contributed by atoms with Gasteiger partial charge in [-0.25, -0.2) is 0 Å². The number of ether oxygens (including phenoxy) is 4. The minimum Gasteiger partial charge on any atom is -0.502 e. The van der Waals surface area contributed by atoms with Crippen LogP contribution in [0.4, 0.5) is 0 Å². The van der Waals surface area contributed by atoms with Crippen LogP contribution in [0.1, 0.15) is 0 Å². The van der Waals surface area contributed by atoms with Gasteiger partial charge in [0.1, 0.15) is 17.2 Å². The first kappa shape index (κ1) is 15.8. The maximum Gasteiger partial charge on any atom is 0.202 e. The first-order valence-corrected chi connectivity index (χ1v) is 7.36. The second-order valence-corrected chi connectivity index (χ2v) is 5.12. The van der Waals surface area contributed by atoms with Crippen LogP contribution in [-0.2, 0) is 0 Å². The Bertz CT molecular complexity index is 856. The van der Waals surface area contributed by atoms with Crippen molar-refractivity contribution in [2.75, 3.05) is 21.3 Å². The number of fused-ring (bicyclic) bond motifs is 1. The molecular formula is C19H18O5. The molecule has 3 rings (SSSR count). The molecule has 1 N–H and O–H groups in total. The molecule has 0 heterocycles. The first-order chi connectivity index (χ1) is 11.7. The number of rotatable bonds is 5. The molecule has 3 aromatic carbocycles. The van der Waals surface area contributed by atoms with Gasteiger partial charge in [-0.2, -0.15) is 0 Å². The first-order valence-electron chi connectivity index (χ1n) is 7.36. The molecule has 0 fully saturated rings. The summed E-state index contributed by atoms with van der Waals surface area (Å²) in [5.41, 5.74) is 0. The van der Waals surface area contributed by atoms with Gasteiger partial charge in [-0.3, -0.25) is 0 Å². The summed E-state index contributed by atoms with van der Waals surface area (Å²) in [6.45, 7) is 0. The van der Waals surface area contributed by atoms with Crippen LogP contribution in [0.5, 0.6) is 34.5 Å². The minimum absolute atomic E-state index is 0.0500. The molecule has 0 atom stereocenters. The quantitative estimate of drug-likeness (QED) is 0.755. The van der Waals surface area contributed by atoms with E-state index in [1.54, 1.807) is 44.6 Å². The molecule has 24 heavy (non-hydrogen) atoms. The average molecular weight is 326 g/mol. The van der Waals surface area contributed by atoms with Gasteiger partial charge in [0, 0.05) is 5.39 Å². The number of aromatic hydroxyl groups is 1. The van der Waals surface area contributed by atoms with Crippen molar-refractivity contribution in [1.82, 2.24) is 0 Å². The van der Waals surface area contributed by atoms with E-state index < -0.39 is 0 Å². The Labute approximate surface area is 140 Å². The molecule has 0 aliphatic carbocycles. The molecule has 0 saturated heterocycles. The lowest BCUT2D eigenvalue weighted by Crippen LogP contribution is -1.92. The van der Waals surface area contributed by atoms with Crippen LogP contribution in [0.3, 0.4) is 0 Å². The summed E-state index contributed by atoms with van der Waals surface area (Å²) in [6.07, 6.45) is 0. The lowest BCUT2D eigenvalue weighted by Gasteiger charge is -2.14. The van der Waals surface area contributed by atoms with Gasteiger partial charge >= 0.3 is 0 Å². The SMILES string of the molecule is COc1ccc(Oc2c(O)c(OC)cc3cc(OC)ccc23)cc1. The van der Waals surface area contributed by atoms with E-state index in [1.165, 1.54) is 7.11 Å². The third-order valence-corrected chi connectivity index (χ3v) is 3.74. The Balaban J connectivity index is 2.11. The Hall–Kier alpha value is -3.08. The Morgan fingerprint density at radius 1 is 0.708 bits per heavy atom. The number of hydrogen-bond donors (Lipinski definition) is 1. The molecular weight excluding hydrogens is 308 g/mol. The van der Waals surface area contributed by atoms with Gasteiger partial charge in [-0.1, -0.05) is 0 Å².